The van der Waals surface area contributed by atoms with Gasteiger partial charge in [-0.25, -0.2) is 4.68 Å². The molecular formula is C16H19BrN4O. The molecule has 0 bridgehead atoms. The molecule has 0 aliphatic carbocycles. The maximum absolute atomic E-state index is 11.7. The van der Waals surface area contributed by atoms with Crippen molar-refractivity contribution in [3.63, 3.8) is 0 Å². The molecule has 116 valence electrons. The zero-order valence-corrected chi connectivity index (χ0v) is 14.2. The number of hydrogen-bond acceptors (Lipinski definition) is 4. The molecule has 0 unspecified atom stereocenters. The van der Waals surface area contributed by atoms with Crippen LogP contribution in [0.3, 0.4) is 0 Å². The van der Waals surface area contributed by atoms with Crippen LogP contribution in [0, 0.1) is 0 Å². The van der Waals surface area contributed by atoms with Crippen LogP contribution in [0.2, 0.25) is 0 Å². The van der Waals surface area contributed by atoms with E-state index in [1.807, 2.05) is 6.07 Å². The molecule has 1 aliphatic heterocycles. The van der Waals surface area contributed by atoms with Gasteiger partial charge in [-0.2, -0.15) is 5.10 Å². The van der Waals surface area contributed by atoms with Gasteiger partial charge in [0.1, 0.15) is 0 Å². The van der Waals surface area contributed by atoms with Crippen molar-refractivity contribution in [3.8, 4) is 0 Å². The Balaban J connectivity index is 1.60. The second-order valence-corrected chi connectivity index (χ2v) is 6.48. The summed E-state index contributed by atoms with van der Waals surface area (Å²) in [5.74, 6) is 0. The third kappa shape index (κ3) is 3.56. The Morgan fingerprint density at radius 1 is 1.18 bits per heavy atom. The fourth-order valence-electron chi connectivity index (χ4n) is 2.69. The van der Waals surface area contributed by atoms with Crippen LogP contribution in [-0.4, -0.2) is 40.9 Å². The molecule has 0 spiro atoms. The third-order valence-electron chi connectivity index (χ3n) is 3.99. The van der Waals surface area contributed by atoms with Crippen LogP contribution in [0.15, 0.2) is 45.8 Å². The lowest BCUT2D eigenvalue weighted by molar-refractivity contribution is 0.249. The van der Waals surface area contributed by atoms with Gasteiger partial charge in [0.15, 0.2) is 0 Å². The number of nitrogens with zero attached hydrogens (tertiary/aromatic N) is 4. The zero-order valence-electron chi connectivity index (χ0n) is 12.6. The van der Waals surface area contributed by atoms with Crippen molar-refractivity contribution in [2.45, 2.75) is 6.54 Å². The van der Waals surface area contributed by atoms with Crippen molar-refractivity contribution in [1.82, 2.24) is 14.7 Å². The fourth-order valence-corrected chi connectivity index (χ4v) is 3.14. The van der Waals surface area contributed by atoms with Crippen LogP contribution >= 0.6 is 15.9 Å². The van der Waals surface area contributed by atoms with Crippen LogP contribution in [0.25, 0.3) is 0 Å². The minimum atomic E-state index is -0.0611. The van der Waals surface area contributed by atoms with Gasteiger partial charge in [0.25, 0.3) is 5.56 Å². The van der Waals surface area contributed by atoms with Crippen molar-refractivity contribution >= 4 is 21.6 Å². The molecule has 0 atom stereocenters. The van der Waals surface area contributed by atoms with Crippen molar-refractivity contribution in [3.05, 3.63) is 56.9 Å². The van der Waals surface area contributed by atoms with Crippen molar-refractivity contribution in [2.75, 3.05) is 31.1 Å². The van der Waals surface area contributed by atoms with Gasteiger partial charge in [-0.05, 0) is 17.7 Å². The first-order valence-corrected chi connectivity index (χ1v) is 8.16. The molecule has 3 rings (SSSR count). The molecule has 2 heterocycles. The first-order valence-electron chi connectivity index (χ1n) is 7.37. The number of halogens is 1. The fraction of sp³-hybridized carbons (Fsp3) is 0.375. The summed E-state index contributed by atoms with van der Waals surface area (Å²) in [6, 6.07) is 10.1. The normalized spacial score (nSPS) is 16.0. The van der Waals surface area contributed by atoms with E-state index in [1.54, 1.807) is 19.3 Å². The van der Waals surface area contributed by atoms with Gasteiger partial charge in [-0.3, -0.25) is 9.69 Å². The van der Waals surface area contributed by atoms with Gasteiger partial charge in [0, 0.05) is 50.3 Å². The average Bonchev–Trinajstić information content (AvgIpc) is 2.51. The van der Waals surface area contributed by atoms with E-state index < -0.39 is 0 Å². The standard InChI is InChI=1S/C16H19BrN4O/c1-19-16(22)10-15(11-18-19)21-7-5-20(6-8-21)12-13-3-2-4-14(17)9-13/h2-4,9-11H,5-8,12H2,1H3. The zero-order chi connectivity index (χ0) is 15.5. The number of rotatable bonds is 3. The predicted molar refractivity (Wildman–Crippen MR) is 91.1 cm³/mol. The minimum Gasteiger partial charge on any atom is -0.368 e. The highest BCUT2D eigenvalue weighted by molar-refractivity contribution is 9.10. The first-order chi connectivity index (χ1) is 10.6. The Hall–Kier alpha value is -1.66. The number of anilines is 1. The smallest absolute Gasteiger partial charge is 0.268 e. The van der Waals surface area contributed by atoms with Gasteiger partial charge >= 0.3 is 0 Å². The highest BCUT2D eigenvalue weighted by Crippen LogP contribution is 2.16. The molecule has 1 aliphatic rings. The lowest BCUT2D eigenvalue weighted by Gasteiger charge is -2.35. The Kier molecular flexibility index (Phi) is 4.59. The summed E-state index contributed by atoms with van der Waals surface area (Å²) in [6.07, 6.45) is 1.77. The Morgan fingerprint density at radius 3 is 2.64 bits per heavy atom. The van der Waals surface area contributed by atoms with E-state index >= 15 is 0 Å². The van der Waals surface area contributed by atoms with E-state index in [0.29, 0.717) is 0 Å². The van der Waals surface area contributed by atoms with Crippen molar-refractivity contribution in [1.29, 1.82) is 0 Å². The molecule has 0 radical (unpaired) electrons. The lowest BCUT2D eigenvalue weighted by Crippen LogP contribution is -2.46. The van der Waals surface area contributed by atoms with E-state index in [1.165, 1.54) is 10.2 Å². The summed E-state index contributed by atoms with van der Waals surface area (Å²) in [6.45, 7) is 4.78. The van der Waals surface area contributed by atoms with E-state index in [2.05, 4.69) is 49.0 Å². The van der Waals surface area contributed by atoms with Gasteiger partial charge < -0.3 is 4.90 Å². The SMILES string of the molecule is Cn1ncc(N2CCN(Cc3cccc(Br)c3)CC2)cc1=O. The molecule has 1 aromatic carbocycles. The van der Waals surface area contributed by atoms with E-state index in [4.69, 9.17) is 0 Å². The topological polar surface area (TPSA) is 41.4 Å². The summed E-state index contributed by atoms with van der Waals surface area (Å²) in [5, 5.41) is 4.09. The predicted octanol–water partition coefficient (Wildman–Crippen LogP) is 1.86. The number of benzene rings is 1. The van der Waals surface area contributed by atoms with E-state index in [-0.39, 0.29) is 5.56 Å². The van der Waals surface area contributed by atoms with Crippen LogP contribution in [0.1, 0.15) is 5.56 Å². The number of piperazine rings is 1. The van der Waals surface area contributed by atoms with Crippen molar-refractivity contribution < 1.29 is 0 Å². The molecule has 5 nitrogen and oxygen atoms in total. The second-order valence-electron chi connectivity index (χ2n) is 5.57. The molecule has 2 aromatic rings. The summed E-state index contributed by atoms with van der Waals surface area (Å²) >= 11 is 3.51. The minimum absolute atomic E-state index is 0.0611. The monoisotopic (exact) mass is 362 g/mol. The van der Waals surface area contributed by atoms with Gasteiger partial charge in [-0.1, -0.05) is 28.1 Å². The number of aryl methyl sites for hydroxylation is 1. The Labute approximate surface area is 138 Å². The molecule has 1 aromatic heterocycles. The largest absolute Gasteiger partial charge is 0.368 e. The first kappa shape index (κ1) is 15.2. The van der Waals surface area contributed by atoms with Crippen LogP contribution < -0.4 is 10.5 Å². The number of hydrogen-bond donors (Lipinski definition) is 0. The average molecular weight is 363 g/mol. The molecule has 0 saturated carbocycles. The summed E-state index contributed by atoms with van der Waals surface area (Å²) in [5.41, 5.74) is 2.18. The molecular weight excluding hydrogens is 344 g/mol. The van der Waals surface area contributed by atoms with E-state index in [0.717, 1.165) is 42.9 Å². The molecule has 6 heteroatoms. The third-order valence-corrected chi connectivity index (χ3v) is 4.48. The maximum atomic E-state index is 11.7. The highest BCUT2D eigenvalue weighted by Gasteiger charge is 2.18. The maximum Gasteiger partial charge on any atom is 0.268 e. The second kappa shape index (κ2) is 6.62. The van der Waals surface area contributed by atoms with Gasteiger partial charge in [-0.15, -0.1) is 0 Å². The molecule has 1 fully saturated rings. The summed E-state index contributed by atoms with van der Waals surface area (Å²) in [4.78, 5) is 16.3. The van der Waals surface area contributed by atoms with Crippen LogP contribution in [0.5, 0.6) is 0 Å². The molecule has 1 saturated heterocycles. The lowest BCUT2D eigenvalue weighted by atomic mass is 10.2. The molecule has 0 N–H and O–H groups in total. The number of aromatic nitrogens is 2. The molecule has 22 heavy (non-hydrogen) atoms. The summed E-state index contributed by atoms with van der Waals surface area (Å²) in [7, 11) is 1.67. The van der Waals surface area contributed by atoms with Crippen molar-refractivity contribution in [2.24, 2.45) is 7.05 Å². The summed E-state index contributed by atoms with van der Waals surface area (Å²) < 4.78 is 2.47. The molecule has 0 amide bonds. The Morgan fingerprint density at radius 2 is 1.95 bits per heavy atom. The highest BCUT2D eigenvalue weighted by atomic mass is 79.9. The van der Waals surface area contributed by atoms with Crippen LogP contribution in [0.4, 0.5) is 5.69 Å². The quantitative estimate of drug-likeness (QED) is 0.835. The Bertz CT molecular complexity index is 707. The van der Waals surface area contributed by atoms with Gasteiger partial charge in [0.05, 0.1) is 11.9 Å². The van der Waals surface area contributed by atoms with Gasteiger partial charge in [0.2, 0.25) is 0 Å². The van der Waals surface area contributed by atoms with E-state index in [9.17, 15) is 4.79 Å². The van der Waals surface area contributed by atoms with Crippen LogP contribution in [-0.2, 0) is 13.6 Å².